The number of hydrogen-bond donors (Lipinski definition) is 1. The minimum Gasteiger partial charge on any atom is -0.370 e. The van der Waals surface area contributed by atoms with Gasteiger partial charge in [0, 0.05) is 23.9 Å². The first kappa shape index (κ1) is 15.4. The van der Waals surface area contributed by atoms with E-state index in [0.29, 0.717) is 17.2 Å². The van der Waals surface area contributed by atoms with Crippen LogP contribution in [0, 0.1) is 11.6 Å². The summed E-state index contributed by atoms with van der Waals surface area (Å²) in [4.78, 5) is 8.82. The molecule has 0 spiro atoms. The lowest BCUT2D eigenvalue weighted by Crippen LogP contribution is -2.06. The van der Waals surface area contributed by atoms with E-state index in [0.717, 1.165) is 30.8 Å². The first-order valence-electron chi connectivity index (χ1n) is 7.09. The summed E-state index contributed by atoms with van der Waals surface area (Å²) in [5, 5.41) is 3.21. The van der Waals surface area contributed by atoms with Crippen LogP contribution in [-0.4, -0.2) is 16.5 Å². The van der Waals surface area contributed by atoms with Crippen LogP contribution in [-0.2, 0) is 0 Å². The summed E-state index contributed by atoms with van der Waals surface area (Å²) >= 11 is 0. The Hall–Kier alpha value is -2.04. The van der Waals surface area contributed by atoms with Gasteiger partial charge < -0.3 is 5.32 Å². The number of halogens is 2. The average Bonchev–Trinajstić information content (AvgIpc) is 2.47. The standard InChI is InChI=1S/C16H19F2N3/c1-4-7-19-15-9-14(10(2)3)20-16(21-15)11-5-6-12(17)13(18)8-11/h5-6,8-10H,4,7H2,1-3H3,(H,19,20,21). The second-order valence-electron chi connectivity index (χ2n) is 5.21. The van der Waals surface area contributed by atoms with Crippen molar-refractivity contribution in [2.45, 2.75) is 33.1 Å². The summed E-state index contributed by atoms with van der Waals surface area (Å²) in [5.41, 5.74) is 1.33. The highest BCUT2D eigenvalue weighted by molar-refractivity contribution is 5.58. The molecular weight excluding hydrogens is 272 g/mol. The molecule has 1 N–H and O–H groups in total. The fourth-order valence-electron chi connectivity index (χ4n) is 1.87. The number of aromatic nitrogens is 2. The molecule has 0 aliphatic heterocycles. The van der Waals surface area contributed by atoms with Gasteiger partial charge >= 0.3 is 0 Å². The Labute approximate surface area is 123 Å². The van der Waals surface area contributed by atoms with Gasteiger partial charge in [0.25, 0.3) is 0 Å². The molecule has 0 aliphatic rings. The van der Waals surface area contributed by atoms with Crippen molar-refractivity contribution in [1.29, 1.82) is 0 Å². The maximum absolute atomic E-state index is 13.4. The number of nitrogens with zero attached hydrogens (tertiary/aromatic N) is 2. The number of hydrogen-bond acceptors (Lipinski definition) is 3. The van der Waals surface area contributed by atoms with Crippen LogP contribution in [0.2, 0.25) is 0 Å². The lowest BCUT2D eigenvalue weighted by Gasteiger charge is -2.11. The zero-order valence-corrected chi connectivity index (χ0v) is 12.5. The van der Waals surface area contributed by atoms with Crippen molar-refractivity contribution in [2.75, 3.05) is 11.9 Å². The monoisotopic (exact) mass is 291 g/mol. The van der Waals surface area contributed by atoms with Crippen molar-refractivity contribution in [3.8, 4) is 11.4 Å². The second-order valence-corrected chi connectivity index (χ2v) is 5.21. The predicted molar refractivity (Wildman–Crippen MR) is 80.3 cm³/mol. The molecule has 0 amide bonds. The molecular formula is C16H19F2N3. The number of anilines is 1. The molecule has 21 heavy (non-hydrogen) atoms. The Morgan fingerprint density at radius 1 is 1.10 bits per heavy atom. The molecule has 5 heteroatoms. The van der Waals surface area contributed by atoms with Crippen LogP contribution in [0.25, 0.3) is 11.4 Å². The highest BCUT2D eigenvalue weighted by atomic mass is 19.2. The molecule has 2 aromatic rings. The van der Waals surface area contributed by atoms with Gasteiger partial charge in [-0.25, -0.2) is 18.7 Å². The third-order valence-electron chi connectivity index (χ3n) is 3.07. The van der Waals surface area contributed by atoms with Crippen molar-refractivity contribution in [3.63, 3.8) is 0 Å². The van der Waals surface area contributed by atoms with E-state index in [4.69, 9.17) is 0 Å². The van der Waals surface area contributed by atoms with Crippen LogP contribution in [0.5, 0.6) is 0 Å². The van der Waals surface area contributed by atoms with E-state index in [9.17, 15) is 8.78 Å². The van der Waals surface area contributed by atoms with Crippen LogP contribution < -0.4 is 5.32 Å². The normalized spacial score (nSPS) is 11.0. The Balaban J connectivity index is 2.45. The van der Waals surface area contributed by atoms with Crippen LogP contribution in [0.15, 0.2) is 24.3 Å². The number of nitrogens with one attached hydrogen (secondary N) is 1. The molecule has 0 bridgehead atoms. The minimum absolute atomic E-state index is 0.222. The van der Waals surface area contributed by atoms with Gasteiger partial charge in [0.1, 0.15) is 5.82 Å². The Kier molecular flexibility index (Phi) is 4.83. The largest absolute Gasteiger partial charge is 0.370 e. The highest BCUT2D eigenvalue weighted by Gasteiger charge is 2.11. The van der Waals surface area contributed by atoms with E-state index in [2.05, 4.69) is 22.2 Å². The average molecular weight is 291 g/mol. The molecule has 0 unspecified atom stereocenters. The van der Waals surface area contributed by atoms with Gasteiger partial charge in [-0.15, -0.1) is 0 Å². The van der Waals surface area contributed by atoms with Crippen LogP contribution in [0.3, 0.4) is 0 Å². The molecule has 1 heterocycles. The van der Waals surface area contributed by atoms with Gasteiger partial charge in [-0.05, 0) is 30.5 Å². The maximum Gasteiger partial charge on any atom is 0.161 e. The van der Waals surface area contributed by atoms with Gasteiger partial charge in [0.05, 0.1) is 0 Å². The topological polar surface area (TPSA) is 37.8 Å². The first-order chi connectivity index (χ1) is 10.0. The first-order valence-corrected chi connectivity index (χ1v) is 7.09. The third-order valence-corrected chi connectivity index (χ3v) is 3.07. The molecule has 2 rings (SSSR count). The Morgan fingerprint density at radius 2 is 1.86 bits per heavy atom. The Morgan fingerprint density at radius 3 is 2.48 bits per heavy atom. The quantitative estimate of drug-likeness (QED) is 0.889. The van der Waals surface area contributed by atoms with Crippen molar-refractivity contribution in [2.24, 2.45) is 0 Å². The second kappa shape index (κ2) is 6.61. The van der Waals surface area contributed by atoms with Crippen molar-refractivity contribution in [3.05, 3.63) is 41.6 Å². The van der Waals surface area contributed by atoms with Gasteiger partial charge in [-0.2, -0.15) is 0 Å². The molecule has 3 nitrogen and oxygen atoms in total. The van der Waals surface area contributed by atoms with E-state index < -0.39 is 11.6 Å². The van der Waals surface area contributed by atoms with E-state index >= 15 is 0 Å². The lowest BCUT2D eigenvalue weighted by atomic mass is 10.1. The summed E-state index contributed by atoms with van der Waals surface area (Å²) in [5.74, 6) is -0.439. The number of rotatable bonds is 5. The molecule has 0 saturated carbocycles. The van der Waals surface area contributed by atoms with E-state index in [1.807, 2.05) is 19.9 Å². The van der Waals surface area contributed by atoms with E-state index in [-0.39, 0.29) is 5.92 Å². The molecule has 0 fully saturated rings. The number of benzene rings is 1. The molecule has 0 aliphatic carbocycles. The smallest absolute Gasteiger partial charge is 0.161 e. The van der Waals surface area contributed by atoms with E-state index in [1.54, 1.807) is 0 Å². The SMILES string of the molecule is CCCNc1cc(C(C)C)nc(-c2ccc(F)c(F)c2)n1. The Bertz CT molecular complexity index is 627. The zero-order valence-electron chi connectivity index (χ0n) is 12.5. The highest BCUT2D eigenvalue weighted by Crippen LogP contribution is 2.23. The van der Waals surface area contributed by atoms with E-state index in [1.165, 1.54) is 6.07 Å². The fraction of sp³-hybridized carbons (Fsp3) is 0.375. The lowest BCUT2D eigenvalue weighted by molar-refractivity contribution is 0.509. The summed E-state index contributed by atoms with van der Waals surface area (Å²) in [7, 11) is 0. The van der Waals surface area contributed by atoms with Gasteiger partial charge in [-0.3, -0.25) is 0 Å². The fourth-order valence-corrected chi connectivity index (χ4v) is 1.87. The van der Waals surface area contributed by atoms with Crippen molar-refractivity contribution in [1.82, 2.24) is 9.97 Å². The molecule has 1 aromatic carbocycles. The van der Waals surface area contributed by atoms with Crippen LogP contribution >= 0.6 is 0 Å². The molecule has 0 saturated heterocycles. The van der Waals surface area contributed by atoms with Gasteiger partial charge in [-0.1, -0.05) is 20.8 Å². The van der Waals surface area contributed by atoms with Crippen molar-refractivity contribution < 1.29 is 8.78 Å². The molecule has 1 aromatic heterocycles. The van der Waals surface area contributed by atoms with Gasteiger partial charge in [0.2, 0.25) is 0 Å². The summed E-state index contributed by atoms with van der Waals surface area (Å²) in [6.45, 7) is 6.92. The summed E-state index contributed by atoms with van der Waals surface area (Å²) < 4.78 is 26.4. The zero-order chi connectivity index (χ0) is 15.4. The molecule has 112 valence electrons. The minimum atomic E-state index is -0.894. The van der Waals surface area contributed by atoms with Crippen LogP contribution in [0.1, 0.15) is 38.8 Å². The van der Waals surface area contributed by atoms with Crippen molar-refractivity contribution >= 4 is 5.82 Å². The maximum atomic E-state index is 13.4. The van der Waals surface area contributed by atoms with Gasteiger partial charge in [0.15, 0.2) is 17.5 Å². The predicted octanol–water partition coefficient (Wildman–Crippen LogP) is 4.37. The molecule has 0 radical (unpaired) electrons. The van der Waals surface area contributed by atoms with Crippen LogP contribution in [0.4, 0.5) is 14.6 Å². The molecule has 0 atom stereocenters. The summed E-state index contributed by atoms with van der Waals surface area (Å²) in [6.07, 6.45) is 0.974. The third kappa shape index (κ3) is 3.74. The summed E-state index contributed by atoms with van der Waals surface area (Å²) in [6, 6.07) is 5.60.